The van der Waals surface area contributed by atoms with E-state index in [0.29, 0.717) is 35.6 Å². The highest BCUT2D eigenvalue weighted by Gasteiger charge is 2.36. The predicted molar refractivity (Wildman–Crippen MR) is 109 cm³/mol. The van der Waals surface area contributed by atoms with Crippen LogP contribution in [0.1, 0.15) is 68.6 Å². The zero-order valence-corrected chi connectivity index (χ0v) is 17.0. The number of rotatable bonds is 6. The largest absolute Gasteiger partial charge is 0.496 e. The molecule has 0 unspecified atom stereocenters. The highest BCUT2D eigenvalue weighted by Crippen LogP contribution is 2.37. The van der Waals surface area contributed by atoms with E-state index in [0.717, 1.165) is 32.2 Å². The van der Waals surface area contributed by atoms with Crippen molar-refractivity contribution in [2.75, 3.05) is 25.6 Å². The molecule has 1 aromatic rings. The number of ether oxygens (including phenoxy) is 2. The Labute approximate surface area is 167 Å². The average molecular weight is 389 g/mol. The fraction of sp³-hybridized carbons (Fsp3) is 0.636. The molecule has 1 saturated heterocycles. The number of nitrogens with one attached hydrogen (secondary N) is 1. The van der Waals surface area contributed by atoms with Gasteiger partial charge in [0.1, 0.15) is 5.75 Å². The highest BCUT2D eigenvalue weighted by atomic mass is 16.5. The highest BCUT2D eigenvalue weighted by molar-refractivity contribution is 5.98. The van der Waals surface area contributed by atoms with Gasteiger partial charge in [-0.2, -0.15) is 0 Å². The summed E-state index contributed by atoms with van der Waals surface area (Å²) in [6.07, 6.45) is 8.42. The monoisotopic (exact) mass is 388 g/mol. The summed E-state index contributed by atoms with van der Waals surface area (Å²) in [6.45, 7) is 3.25. The van der Waals surface area contributed by atoms with Gasteiger partial charge in [-0.25, -0.2) is 4.79 Å². The van der Waals surface area contributed by atoms with Gasteiger partial charge in [0, 0.05) is 24.3 Å². The van der Waals surface area contributed by atoms with E-state index in [1.54, 1.807) is 25.3 Å². The van der Waals surface area contributed by atoms with Gasteiger partial charge in [0.15, 0.2) is 0 Å². The normalized spacial score (nSPS) is 21.6. The van der Waals surface area contributed by atoms with Gasteiger partial charge in [0.25, 0.3) is 5.91 Å². The lowest BCUT2D eigenvalue weighted by Gasteiger charge is -2.44. The number of piperidine rings is 1. The number of carbonyl (C=O) groups excluding carboxylic acids is 2. The minimum Gasteiger partial charge on any atom is -0.496 e. The fourth-order valence-electron chi connectivity index (χ4n) is 4.44. The van der Waals surface area contributed by atoms with Gasteiger partial charge in [0.2, 0.25) is 0 Å². The Morgan fingerprint density at radius 2 is 1.96 bits per heavy atom. The van der Waals surface area contributed by atoms with Crippen LogP contribution >= 0.6 is 0 Å². The smallest absolute Gasteiger partial charge is 0.411 e. The van der Waals surface area contributed by atoms with Crippen molar-refractivity contribution in [3.05, 3.63) is 23.8 Å². The van der Waals surface area contributed by atoms with Crippen molar-refractivity contribution in [1.29, 1.82) is 0 Å². The van der Waals surface area contributed by atoms with Gasteiger partial charge in [-0.15, -0.1) is 0 Å². The molecule has 6 nitrogen and oxygen atoms in total. The van der Waals surface area contributed by atoms with Crippen LogP contribution in [0.3, 0.4) is 0 Å². The average Bonchev–Trinajstić information content (AvgIpc) is 2.73. The molecule has 0 bridgehead atoms. The second-order valence-electron chi connectivity index (χ2n) is 7.78. The van der Waals surface area contributed by atoms with Crippen LogP contribution in [0.2, 0.25) is 0 Å². The SMILES string of the molecule is CCCCOC(=O)Nc1ccc(C(=O)N2CCC[C@H]3CCCC[C@H]32)c(OC)c1. The molecule has 1 aromatic carbocycles. The number of fused-ring (bicyclic) bond motifs is 1. The Kier molecular flexibility index (Phi) is 7.18. The standard InChI is InChI=1S/C22H32N2O4/c1-3-4-14-28-22(26)23-17-11-12-18(20(15-17)27-2)21(25)24-13-7-9-16-8-5-6-10-19(16)24/h11-12,15-16,19H,3-10,13-14H2,1-2H3,(H,23,26)/t16-,19-/m1/s1. The van der Waals surface area contributed by atoms with Crippen molar-refractivity contribution >= 4 is 17.7 Å². The van der Waals surface area contributed by atoms with Crippen LogP contribution in [0.4, 0.5) is 10.5 Å². The number of methoxy groups -OCH3 is 1. The zero-order chi connectivity index (χ0) is 19.9. The van der Waals surface area contributed by atoms with Gasteiger partial charge < -0.3 is 14.4 Å². The molecule has 0 radical (unpaired) electrons. The molecular weight excluding hydrogens is 356 g/mol. The van der Waals surface area contributed by atoms with Crippen LogP contribution in [0.25, 0.3) is 0 Å². The Bertz CT molecular complexity index is 689. The van der Waals surface area contributed by atoms with Crippen LogP contribution < -0.4 is 10.1 Å². The molecule has 0 spiro atoms. The number of amides is 2. The van der Waals surface area contributed by atoms with Crippen LogP contribution in [-0.4, -0.2) is 43.2 Å². The third-order valence-corrected chi connectivity index (χ3v) is 5.91. The van der Waals surface area contributed by atoms with Crippen molar-refractivity contribution < 1.29 is 19.1 Å². The number of hydrogen-bond donors (Lipinski definition) is 1. The molecule has 3 rings (SSSR count). The summed E-state index contributed by atoms with van der Waals surface area (Å²) in [5.74, 6) is 1.15. The molecule has 2 aliphatic rings. The Morgan fingerprint density at radius 1 is 1.18 bits per heavy atom. The first-order chi connectivity index (χ1) is 13.6. The summed E-state index contributed by atoms with van der Waals surface area (Å²) in [5.41, 5.74) is 1.11. The maximum absolute atomic E-state index is 13.3. The van der Waals surface area contributed by atoms with Crippen molar-refractivity contribution in [2.24, 2.45) is 5.92 Å². The van der Waals surface area contributed by atoms with Crippen LogP contribution in [-0.2, 0) is 4.74 Å². The van der Waals surface area contributed by atoms with E-state index in [-0.39, 0.29) is 5.91 Å². The Hall–Kier alpha value is -2.24. The minimum atomic E-state index is -0.490. The Balaban J connectivity index is 1.71. The van der Waals surface area contributed by atoms with Gasteiger partial charge in [-0.05, 0) is 50.2 Å². The molecule has 0 aromatic heterocycles. The maximum atomic E-state index is 13.3. The van der Waals surface area contributed by atoms with E-state index in [2.05, 4.69) is 10.2 Å². The molecule has 1 aliphatic heterocycles. The first-order valence-corrected chi connectivity index (χ1v) is 10.6. The summed E-state index contributed by atoms with van der Waals surface area (Å²) in [4.78, 5) is 27.2. The molecule has 1 heterocycles. The number of benzene rings is 1. The lowest BCUT2D eigenvalue weighted by Crippen LogP contribution is -2.49. The zero-order valence-electron chi connectivity index (χ0n) is 17.0. The molecule has 2 atom stereocenters. The van der Waals surface area contributed by atoms with Crippen LogP contribution in [0.5, 0.6) is 5.75 Å². The number of unbranched alkanes of at least 4 members (excludes halogenated alkanes) is 1. The third-order valence-electron chi connectivity index (χ3n) is 5.91. The number of likely N-dealkylation sites (tertiary alicyclic amines) is 1. The van der Waals surface area contributed by atoms with Gasteiger partial charge >= 0.3 is 6.09 Å². The summed E-state index contributed by atoms with van der Waals surface area (Å²) in [7, 11) is 1.55. The molecule has 1 N–H and O–H groups in total. The van der Waals surface area contributed by atoms with E-state index < -0.39 is 6.09 Å². The van der Waals surface area contributed by atoms with Gasteiger partial charge in [-0.1, -0.05) is 26.2 Å². The van der Waals surface area contributed by atoms with E-state index in [1.807, 2.05) is 6.92 Å². The second-order valence-corrected chi connectivity index (χ2v) is 7.78. The summed E-state index contributed by atoms with van der Waals surface area (Å²) in [6, 6.07) is 5.52. The lowest BCUT2D eigenvalue weighted by atomic mass is 9.78. The molecule has 1 saturated carbocycles. The topological polar surface area (TPSA) is 67.9 Å². The first-order valence-electron chi connectivity index (χ1n) is 10.6. The van der Waals surface area contributed by atoms with E-state index in [9.17, 15) is 9.59 Å². The van der Waals surface area contributed by atoms with Crippen molar-refractivity contribution in [3.8, 4) is 5.75 Å². The van der Waals surface area contributed by atoms with Crippen LogP contribution in [0, 0.1) is 5.92 Å². The number of nitrogens with zero attached hydrogens (tertiary/aromatic N) is 1. The molecule has 154 valence electrons. The molecule has 2 fully saturated rings. The summed E-state index contributed by atoms with van der Waals surface area (Å²) < 4.78 is 10.6. The first kappa shape index (κ1) is 20.5. The lowest BCUT2D eigenvalue weighted by molar-refractivity contribution is 0.0388. The number of hydrogen-bond acceptors (Lipinski definition) is 4. The van der Waals surface area contributed by atoms with Crippen molar-refractivity contribution in [2.45, 2.75) is 64.3 Å². The number of carbonyl (C=O) groups is 2. The van der Waals surface area contributed by atoms with E-state index >= 15 is 0 Å². The predicted octanol–water partition coefficient (Wildman–Crippen LogP) is 4.84. The fourth-order valence-corrected chi connectivity index (χ4v) is 4.44. The molecular formula is C22H32N2O4. The molecule has 28 heavy (non-hydrogen) atoms. The van der Waals surface area contributed by atoms with Crippen LogP contribution in [0.15, 0.2) is 18.2 Å². The van der Waals surface area contributed by atoms with Crippen molar-refractivity contribution in [3.63, 3.8) is 0 Å². The summed E-state index contributed by atoms with van der Waals surface area (Å²) in [5, 5.41) is 2.70. The van der Waals surface area contributed by atoms with E-state index in [4.69, 9.17) is 9.47 Å². The van der Waals surface area contributed by atoms with Crippen molar-refractivity contribution in [1.82, 2.24) is 4.90 Å². The maximum Gasteiger partial charge on any atom is 0.411 e. The van der Waals surface area contributed by atoms with Gasteiger partial charge in [-0.3, -0.25) is 10.1 Å². The Morgan fingerprint density at radius 3 is 2.75 bits per heavy atom. The third kappa shape index (κ3) is 4.78. The molecule has 6 heteroatoms. The van der Waals surface area contributed by atoms with Gasteiger partial charge in [0.05, 0.1) is 19.3 Å². The minimum absolute atomic E-state index is 0.0329. The van der Waals surface area contributed by atoms with E-state index in [1.165, 1.54) is 25.7 Å². The molecule has 1 aliphatic carbocycles. The summed E-state index contributed by atoms with van der Waals surface area (Å²) >= 11 is 0. The quantitative estimate of drug-likeness (QED) is 0.708. The molecule has 2 amide bonds. The number of anilines is 1. The second kappa shape index (κ2) is 9.80.